The standard InChI is InChI=1S/C14H17BFN3O2/c1-13(2)14(3,4)21-15(20-13)10-8-17-19(9-10)12-7-5-6-11(16)18-12/h5-9H,1-4H3. The van der Waals surface area contributed by atoms with E-state index in [1.807, 2.05) is 27.7 Å². The Labute approximate surface area is 123 Å². The predicted octanol–water partition coefficient (Wildman–Crippen LogP) is 1.71. The zero-order chi connectivity index (χ0) is 15.3. The first-order chi connectivity index (χ1) is 9.78. The number of pyridine rings is 1. The van der Waals surface area contributed by atoms with Crippen molar-refractivity contribution in [3.05, 3.63) is 36.5 Å². The van der Waals surface area contributed by atoms with E-state index in [9.17, 15) is 4.39 Å². The molecule has 0 atom stereocenters. The number of halogens is 1. The van der Waals surface area contributed by atoms with Gasteiger partial charge in [-0.25, -0.2) is 9.67 Å². The Morgan fingerprint density at radius 2 is 1.81 bits per heavy atom. The van der Waals surface area contributed by atoms with E-state index in [2.05, 4.69) is 10.1 Å². The molecule has 0 bridgehead atoms. The molecular weight excluding hydrogens is 272 g/mol. The van der Waals surface area contributed by atoms with Crippen LogP contribution in [0.3, 0.4) is 0 Å². The highest BCUT2D eigenvalue weighted by molar-refractivity contribution is 6.62. The maximum Gasteiger partial charge on any atom is 0.498 e. The molecule has 0 radical (unpaired) electrons. The highest BCUT2D eigenvalue weighted by atomic mass is 19.1. The summed E-state index contributed by atoms with van der Waals surface area (Å²) < 4.78 is 26.6. The van der Waals surface area contributed by atoms with Crippen molar-refractivity contribution in [2.75, 3.05) is 0 Å². The van der Waals surface area contributed by atoms with Crippen LogP contribution < -0.4 is 5.46 Å². The number of hydrogen-bond acceptors (Lipinski definition) is 4. The summed E-state index contributed by atoms with van der Waals surface area (Å²) in [4.78, 5) is 3.79. The Hall–Kier alpha value is -1.73. The molecule has 2 aromatic rings. The first-order valence-electron chi connectivity index (χ1n) is 6.82. The molecule has 0 saturated carbocycles. The summed E-state index contributed by atoms with van der Waals surface area (Å²) in [5.74, 6) is -0.127. The van der Waals surface area contributed by atoms with Crippen LogP contribution in [-0.2, 0) is 9.31 Å². The lowest BCUT2D eigenvalue weighted by atomic mass is 9.82. The molecule has 21 heavy (non-hydrogen) atoms. The van der Waals surface area contributed by atoms with Gasteiger partial charge in [-0.3, -0.25) is 0 Å². The van der Waals surface area contributed by atoms with Crippen molar-refractivity contribution in [2.24, 2.45) is 0 Å². The predicted molar refractivity (Wildman–Crippen MR) is 77.0 cm³/mol. The van der Waals surface area contributed by atoms with Gasteiger partial charge in [-0.2, -0.15) is 9.49 Å². The van der Waals surface area contributed by atoms with Crippen molar-refractivity contribution in [1.82, 2.24) is 14.8 Å². The molecule has 1 aliphatic rings. The molecule has 2 aromatic heterocycles. The van der Waals surface area contributed by atoms with Gasteiger partial charge in [-0.1, -0.05) is 6.07 Å². The van der Waals surface area contributed by atoms with Crippen LogP contribution in [0.5, 0.6) is 0 Å². The molecule has 0 aliphatic carbocycles. The Kier molecular flexibility index (Phi) is 3.14. The van der Waals surface area contributed by atoms with Gasteiger partial charge in [0.2, 0.25) is 5.95 Å². The average Bonchev–Trinajstić information content (AvgIpc) is 2.93. The Bertz CT molecular complexity index is 656. The smallest absolute Gasteiger partial charge is 0.399 e. The van der Waals surface area contributed by atoms with Crippen molar-refractivity contribution in [2.45, 2.75) is 38.9 Å². The molecule has 0 spiro atoms. The highest BCUT2D eigenvalue weighted by Gasteiger charge is 2.52. The minimum Gasteiger partial charge on any atom is -0.399 e. The fourth-order valence-electron chi connectivity index (χ4n) is 2.09. The van der Waals surface area contributed by atoms with E-state index in [0.717, 1.165) is 5.46 Å². The van der Waals surface area contributed by atoms with Crippen LogP contribution in [0.25, 0.3) is 5.82 Å². The lowest BCUT2D eigenvalue weighted by Gasteiger charge is -2.32. The Balaban J connectivity index is 1.87. The number of hydrogen-bond donors (Lipinski definition) is 0. The van der Waals surface area contributed by atoms with E-state index in [1.165, 1.54) is 10.7 Å². The molecule has 0 amide bonds. The highest BCUT2D eigenvalue weighted by Crippen LogP contribution is 2.36. The third-order valence-electron chi connectivity index (χ3n) is 4.06. The first-order valence-corrected chi connectivity index (χ1v) is 6.82. The fraction of sp³-hybridized carbons (Fsp3) is 0.429. The van der Waals surface area contributed by atoms with Gasteiger partial charge >= 0.3 is 7.12 Å². The summed E-state index contributed by atoms with van der Waals surface area (Å²) in [5, 5.41) is 4.20. The zero-order valence-electron chi connectivity index (χ0n) is 12.5. The second-order valence-electron chi connectivity index (χ2n) is 6.12. The molecule has 5 nitrogen and oxygen atoms in total. The molecule has 110 valence electrons. The van der Waals surface area contributed by atoms with E-state index >= 15 is 0 Å². The average molecular weight is 289 g/mol. The normalized spacial score (nSPS) is 20.0. The largest absolute Gasteiger partial charge is 0.498 e. The van der Waals surface area contributed by atoms with Crippen molar-refractivity contribution in [3.8, 4) is 5.82 Å². The van der Waals surface area contributed by atoms with E-state index in [4.69, 9.17) is 9.31 Å². The van der Waals surface area contributed by atoms with Crippen LogP contribution in [0.1, 0.15) is 27.7 Å². The van der Waals surface area contributed by atoms with Gasteiger partial charge in [0, 0.05) is 17.9 Å². The summed E-state index contributed by atoms with van der Waals surface area (Å²) >= 11 is 0. The van der Waals surface area contributed by atoms with Crippen LogP contribution in [0.4, 0.5) is 4.39 Å². The molecule has 3 heterocycles. The maximum atomic E-state index is 13.2. The molecule has 3 rings (SSSR count). The molecule has 1 aliphatic heterocycles. The van der Waals surface area contributed by atoms with Crippen molar-refractivity contribution in [3.63, 3.8) is 0 Å². The maximum absolute atomic E-state index is 13.2. The second-order valence-corrected chi connectivity index (χ2v) is 6.12. The van der Waals surface area contributed by atoms with E-state index in [-0.39, 0.29) is 0 Å². The van der Waals surface area contributed by atoms with Gasteiger partial charge in [0.15, 0.2) is 5.82 Å². The summed E-state index contributed by atoms with van der Waals surface area (Å²) in [6, 6.07) is 4.57. The molecule has 0 N–H and O–H groups in total. The SMILES string of the molecule is CC1(C)OB(c2cnn(-c3cccc(F)n3)c2)OC1(C)C. The summed E-state index contributed by atoms with van der Waals surface area (Å²) in [6.07, 6.45) is 3.39. The van der Waals surface area contributed by atoms with Gasteiger partial charge in [-0.05, 0) is 39.8 Å². The van der Waals surface area contributed by atoms with Crippen molar-refractivity contribution in [1.29, 1.82) is 0 Å². The summed E-state index contributed by atoms with van der Waals surface area (Å²) in [7, 11) is -0.489. The topological polar surface area (TPSA) is 49.2 Å². The van der Waals surface area contributed by atoms with Crippen molar-refractivity contribution >= 4 is 12.6 Å². The van der Waals surface area contributed by atoms with Crippen LogP contribution in [0, 0.1) is 5.95 Å². The second kappa shape index (κ2) is 4.64. The van der Waals surface area contributed by atoms with Gasteiger partial charge in [-0.15, -0.1) is 0 Å². The number of aromatic nitrogens is 3. The Morgan fingerprint density at radius 3 is 2.43 bits per heavy atom. The fourth-order valence-corrected chi connectivity index (χ4v) is 2.09. The third-order valence-corrected chi connectivity index (χ3v) is 4.06. The van der Waals surface area contributed by atoms with Crippen LogP contribution >= 0.6 is 0 Å². The lowest BCUT2D eigenvalue weighted by Crippen LogP contribution is -2.41. The minimum absolute atomic E-state index is 0.406. The Morgan fingerprint density at radius 1 is 1.14 bits per heavy atom. The molecule has 7 heteroatoms. The van der Waals surface area contributed by atoms with Crippen LogP contribution in [0.2, 0.25) is 0 Å². The van der Waals surface area contributed by atoms with E-state index < -0.39 is 24.3 Å². The van der Waals surface area contributed by atoms with Crippen LogP contribution in [-0.4, -0.2) is 33.1 Å². The summed E-state index contributed by atoms with van der Waals surface area (Å²) in [6.45, 7) is 7.97. The lowest BCUT2D eigenvalue weighted by molar-refractivity contribution is 0.00578. The number of rotatable bonds is 2. The van der Waals surface area contributed by atoms with Gasteiger partial charge in [0.25, 0.3) is 0 Å². The molecule has 0 aromatic carbocycles. The third kappa shape index (κ3) is 2.47. The molecule has 1 fully saturated rings. The molecule has 1 saturated heterocycles. The summed E-state index contributed by atoms with van der Waals surface area (Å²) in [5.41, 5.74) is -0.0343. The minimum atomic E-state index is -0.541. The zero-order valence-corrected chi connectivity index (χ0v) is 12.5. The van der Waals surface area contributed by atoms with Gasteiger partial charge in [0.1, 0.15) is 0 Å². The first kappa shape index (κ1) is 14.2. The van der Waals surface area contributed by atoms with Crippen molar-refractivity contribution < 1.29 is 13.7 Å². The van der Waals surface area contributed by atoms with Crippen LogP contribution in [0.15, 0.2) is 30.6 Å². The number of nitrogens with zero attached hydrogens (tertiary/aromatic N) is 3. The van der Waals surface area contributed by atoms with E-state index in [0.29, 0.717) is 5.82 Å². The molecule has 0 unspecified atom stereocenters. The van der Waals surface area contributed by atoms with Gasteiger partial charge in [0.05, 0.1) is 11.2 Å². The monoisotopic (exact) mass is 289 g/mol. The quantitative estimate of drug-likeness (QED) is 0.624. The van der Waals surface area contributed by atoms with Gasteiger partial charge < -0.3 is 9.31 Å². The molecular formula is C14H17BFN3O2. The van der Waals surface area contributed by atoms with E-state index in [1.54, 1.807) is 24.5 Å².